The molecular formula is C27H31FN2O4S. The summed E-state index contributed by atoms with van der Waals surface area (Å²) in [5, 5.41) is 3.11. The number of carbonyl (C=O) groups excluding carboxylic acids is 2. The fourth-order valence-electron chi connectivity index (χ4n) is 4.69. The molecule has 8 heteroatoms. The van der Waals surface area contributed by atoms with Crippen LogP contribution in [0, 0.1) is 11.7 Å². The Morgan fingerprint density at radius 1 is 1.14 bits per heavy atom. The average Bonchev–Trinajstić information content (AvgIpc) is 2.88. The maximum Gasteiger partial charge on any atom is 0.260 e. The third-order valence-corrected chi connectivity index (χ3v) is 8.01. The number of ether oxygens (including phenoxy) is 2. The van der Waals surface area contributed by atoms with E-state index in [4.69, 9.17) is 9.47 Å². The Labute approximate surface area is 209 Å². The molecule has 2 aliphatic rings. The third-order valence-electron chi connectivity index (χ3n) is 6.61. The van der Waals surface area contributed by atoms with E-state index in [0.29, 0.717) is 17.9 Å². The van der Waals surface area contributed by atoms with Crippen LogP contribution in [0.1, 0.15) is 30.4 Å². The molecule has 1 aliphatic carbocycles. The first-order valence-corrected chi connectivity index (χ1v) is 12.7. The summed E-state index contributed by atoms with van der Waals surface area (Å²) in [5.74, 6) is -0.609. The van der Waals surface area contributed by atoms with E-state index in [1.807, 2.05) is 41.3 Å². The number of halogens is 1. The van der Waals surface area contributed by atoms with Gasteiger partial charge >= 0.3 is 0 Å². The molecule has 0 spiro atoms. The van der Waals surface area contributed by atoms with Gasteiger partial charge in [-0.2, -0.15) is 0 Å². The minimum Gasteiger partial charge on any atom is -0.354 e. The SMILES string of the molecule is COC(CNC(=O)C1CCC2S/C(=C\c3ccccc3)C(=O)N(Cc3ccc(F)cc3)C2C1)OC. The van der Waals surface area contributed by atoms with Crippen molar-refractivity contribution in [3.63, 3.8) is 0 Å². The molecule has 2 fully saturated rings. The van der Waals surface area contributed by atoms with Gasteiger partial charge < -0.3 is 19.7 Å². The van der Waals surface area contributed by atoms with Gasteiger partial charge in [-0.15, -0.1) is 11.8 Å². The standard InChI is InChI=1S/C27H31FN2O4S/c1-33-25(34-2)16-29-26(31)20-10-13-23-22(15-20)30(17-19-8-11-21(28)12-9-19)27(32)24(35-23)14-18-6-4-3-5-7-18/h3-9,11-12,14,20,22-23,25H,10,13,15-17H2,1-2H3,(H,29,31)/b24-14-. The molecule has 1 saturated heterocycles. The van der Waals surface area contributed by atoms with E-state index in [0.717, 1.165) is 24.0 Å². The number of nitrogens with zero attached hydrogens (tertiary/aromatic N) is 1. The smallest absolute Gasteiger partial charge is 0.260 e. The Kier molecular flexibility index (Phi) is 8.59. The Hall–Kier alpha value is -2.68. The molecule has 0 radical (unpaired) electrons. The summed E-state index contributed by atoms with van der Waals surface area (Å²) in [5.41, 5.74) is 1.83. The van der Waals surface area contributed by atoms with Crippen LogP contribution in [-0.4, -0.2) is 55.1 Å². The number of thioether (sulfide) groups is 1. The highest BCUT2D eigenvalue weighted by Crippen LogP contribution is 2.44. The molecule has 35 heavy (non-hydrogen) atoms. The van der Waals surface area contributed by atoms with Crippen LogP contribution in [0.25, 0.3) is 6.08 Å². The molecular weight excluding hydrogens is 467 g/mol. The van der Waals surface area contributed by atoms with Crippen LogP contribution in [0.5, 0.6) is 0 Å². The highest BCUT2D eigenvalue weighted by Gasteiger charge is 2.44. The summed E-state index contributed by atoms with van der Waals surface area (Å²) in [7, 11) is 3.06. The van der Waals surface area contributed by atoms with Crippen LogP contribution in [-0.2, 0) is 25.6 Å². The van der Waals surface area contributed by atoms with Crippen molar-refractivity contribution in [2.75, 3.05) is 20.8 Å². The lowest BCUT2D eigenvalue weighted by atomic mass is 9.83. The van der Waals surface area contributed by atoms with Crippen LogP contribution in [0.4, 0.5) is 4.39 Å². The van der Waals surface area contributed by atoms with Crippen LogP contribution in [0.2, 0.25) is 0 Å². The molecule has 2 amide bonds. The van der Waals surface area contributed by atoms with Gasteiger partial charge in [-0.3, -0.25) is 9.59 Å². The average molecular weight is 499 g/mol. The second-order valence-corrected chi connectivity index (χ2v) is 10.1. The second kappa shape index (κ2) is 11.8. The number of rotatable bonds is 8. The van der Waals surface area contributed by atoms with E-state index < -0.39 is 6.29 Å². The number of hydrogen-bond acceptors (Lipinski definition) is 5. The fraction of sp³-hybridized carbons (Fsp3) is 0.407. The van der Waals surface area contributed by atoms with Crippen LogP contribution in [0.15, 0.2) is 59.5 Å². The monoisotopic (exact) mass is 498 g/mol. The van der Waals surface area contributed by atoms with Crippen molar-refractivity contribution in [1.82, 2.24) is 10.2 Å². The Balaban J connectivity index is 1.55. The normalized spacial score (nSPS) is 23.4. The van der Waals surface area contributed by atoms with Gasteiger partial charge in [0.1, 0.15) is 5.82 Å². The molecule has 2 aromatic rings. The van der Waals surface area contributed by atoms with E-state index in [2.05, 4.69) is 5.32 Å². The lowest BCUT2D eigenvalue weighted by molar-refractivity contribution is -0.136. The first kappa shape index (κ1) is 25.4. The number of benzene rings is 2. The molecule has 1 aliphatic heterocycles. The van der Waals surface area contributed by atoms with Crippen molar-refractivity contribution >= 4 is 29.7 Å². The van der Waals surface area contributed by atoms with Gasteiger partial charge in [0.25, 0.3) is 5.91 Å². The van der Waals surface area contributed by atoms with E-state index in [-0.39, 0.29) is 41.4 Å². The summed E-state index contributed by atoms with van der Waals surface area (Å²) in [6, 6.07) is 16.0. The molecule has 1 heterocycles. The minimum atomic E-state index is -0.497. The number of carbonyl (C=O) groups is 2. The highest BCUT2D eigenvalue weighted by atomic mass is 32.2. The summed E-state index contributed by atoms with van der Waals surface area (Å²) in [6.45, 7) is 0.643. The topological polar surface area (TPSA) is 67.9 Å². The molecule has 186 valence electrons. The molecule has 2 aromatic carbocycles. The highest BCUT2D eigenvalue weighted by molar-refractivity contribution is 8.04. The van der Waals surface area contributed by atoms with Gasteiger partial charge in [0.15, 0.2) is 6.29 Å². The summed E-state index contributed by atoms with van der Waals surface area (Å²) in [4.78, 5) is 29.1. The second-order valence-electron chi connectivity index (χ2n) is 8.86. The van der Waals surface area contributed by atoms with Gasteiger partial charge in [-0.1, -0.05) is 42.5 Å². The molecule has 3 unspecified atom stereocenters. The van der Waals surface area contributed by atoms with Gasteiger partial charge in [-0.25, -0.2) is 4.39 Å². The van der Waals surface area contributed by atoms with E-state index in [1.54, 1.807) is 23.9 Å². The number of methoxy groups -OCH3 is 2. The first-order chi connectivity index (χ1) is 17.0. The van der Waals surface area contributed by atoms with Gasteiger partial charge in [0, 0.05) is 38.0 Å². The van der Waals surface area contributed by atoms with Crippen LogP contribution in [0.3, 0.4) is 0 Å². The van der Waals surface area contributed by atoms with Crippen molar-refractivity contribution in [2.24, 2.45) is 5.92 Å². The van der Waals surface area contributed by atoms with Crippen molar-refractivity contribution in [2.45, 2.75) is 43.4 Å². The number of hydrogen-bond donors (Lipinski definition) is 1. The van der Waals surface area contributed by atoms with Crippen LogP contribution >= 0.6 is 11.8 Å². The zero-order chi connectivity index (χ0) is 24.8. The van der Waals surface area contributed by atoms with Crippen molar-refractivity contribution in [1.29, 1.82) is 0 Å². The fourth-order valence-corrected chi connectivity index (χ4v) is 6.11. The minimum absolute atomic E-state index is 0.0487. The zero-order valence-corrected chi connectivity index (χ0v) is 20.8. The molecule has 0 bridgehead atoms. The predicted octanol–water partition coefficient (Wildman–Crippen LogP) is 4.21. The molecule has 0 aromatic heterocycles. The Bertz CT molecular complexity index is 1040. The summed E-state index contributed by atoms with van der Waals surface area (Å²) in [6.07, 6.45) is 3.60. The zero-order valence-electron chi connectivity index (χ0n) is 20.0. The lowest BCUT2D eigenvalue weighted by Crippen LogP contribution is -2.54. The lowest BCUT2D eigenvalue weighted by Gasteiger charge is -2.46. The first-order valence-electron chi connectivity index (χ1n) is 11.8. The summed E-state index contributed by atoms with van der Waals surface area (Å²) < 4.78 is 23.8. The number of nitrogens with one attached hydrogen (secondary N) is 1. The van der Waals surface area contributed by atoms with E-state index in [9.17, 15) is 14.0 Å². The molecule has 1 saturated carbocycles. The largest absolute Gasteiger partial charge is 0.354 e. The predicted molar refractivity (Wildman–Crippen MR) is 135 cm³/mol. The van der Waals surface area contributed by atoms with Gasteiger partial charge in [0.05, 0.1) is 11.4 Å². The Morgan fingerprint density at radius 2 is 1.86 bits per heavy atom. The quantitative estimate of drug-likeness (QED) is 0.436. The summed E-state index contributed by atoms with van der Waals surface area (Å²) >= 11 is 1.61. The van der Waals surface area contributed by atoms with Crippen molar-refractivity contribution in [3.8, 4) is 0 Å². The van der Waals surface area contributed by atoms with Crippen molar-refractivity contribution in [3.05, 3.63) is 76.4 Å². The third kappa shape index (κ3) is 6.31. The molecule has 4 rings (SSSR count). The molecule has 3 atom stereocenters. The van der Waals surface area contributed by atoms with Crippen molar-refractivity contribution < 1.29 is 23.5 Å². The van der Waals surface area contributed by atoms with Gasteiger partial charge in [0.2, 0.25) is 5.91 Å². The Morgan fingerprint density at radius 3 is 2.54 bits per heavy atom. The molecule has 1 N–H and O–H groups in total. The number of amides is 2. The maximum absolute atomic E-state index is 13.7. The molecule has 6 nitrogen and oxygen atoms in total. The van der Waals surface area contributed by atoms with E-state index >= 15 is 0 Å². The number of fused-ring (bicyclic) bond motifs is 1. The van der Waals surface area contributed by atoms with Crippen LogP contribution < -0.4 is 5.32 Å². The van der Waals surface area contributed by atoms with Gasteiger partial charge in [-0.05, 0) is 48.6 Å². The van der Waals surface area contributed by atoms with E-state index in [1.165, 1.54) is 26.4 Å². The maximum atomic E-state index is 13.7.